The zero-order valence-electron chi connectivity index (χ0n) is 25.7. The van der Waals surface area contributed by atoms with Crippen molar-refractivity contribution in [3.63, 3.8) is 0 Å². The van der Waals surface area contributed by atoms with E-state index in [4.69, 9.17) is 23.9 Å². The summed E-state index contributed by atoms with van der Waals surface area (Å²) in [7, 11) is 1.50. The topological polar surface area (TPSA) is 101 Å². The SMILES string of the molecule is CCOC(=O)[C@@H](C)Oc1c(OC)cc(C=Nn2c(-c3cc(C(C)C)c(OCC)cc3C)nc3ccccc3c2=O)c(Br)c1Br. The maximum absolute atomic E-state index is 13.9. The van der Waals surface area contributed by atoms with Crippen LogP contribution in [0.2, 0.25) is 0 Å². The molecular formula is C33H35Br2N3O6. The van der Waals surface area contributed by atoms with Crippen molar-refractivity contribution in [2.45, 2.75) is 53.6 Å². The van der Waals surface area contributed by atoms with Crippen molar-refractivity contribution in [3.8, 4) is 28.6 Å². The molecule has 0 unspecified atom stereocenters. The summed E-state index contributed by atoms with van der Waals surface area (Å²) in [6.07, 6.45) is 0.675. The lowest BCUT2D eigenvalue weighted by atomic mass is 9.96. The van der Waals surface area contributed by atoms with Gasteiger partial charge in [-0.15, -0.1) is 0 Å². The van der Waals surface area contributed by atoms with Crippen LogP contribution in [-0.4, -0.2) is 48.3 Å². The normalized spacial score (nSPS) is 12.1. The Bertz CT molecular complexity index is 1780. The molecule has 232 valence electrons. The van der Waals surface area contributed by atoms with Crippen LogP contribution in [0.1, 0.15) is 57.2 Å². The molecule has 44 heavy (non-hydrogen) atoms. The van der Waals surface area contributed by atoms with Gasteiger partial charge in [-0.1, -0.05) is 26.0 Å². The van der Waals surface area contributed by atoms with Crippen LogP contribution in [0, 0.1) is 6.92 Å². The summed E-state index contributed by atoms with van der Waals surface area (Å²) in [4.78, 5) is 31.0. The molecule has 0 bridgehead atoms. The summed E-state index contributed by atoms with van der Waals surface area (Å²) < 4.78 is 24.9. The molecule has 0 aliphatic carbocycles. The number of carbonyl (C=O) groups is 1. The maximum atomic E-state index is 13.9. The Morgan fingerprint density at radius 2 is 1.77 bits per heavy atom. The molecule has 0 N–H and O–H groups in total. The smallest absolute Gasteiger partial charge is 0.347 e. The number of fused-ring (bicyclic) bond motifs is 1. The van der Waals surface area contributed by atoms with Gasteiger partial charge in [0, 0.05) is 15.6 Å². The number of methoxy groups -OCH3 is 1. The molecule has 4 rings (SSSR count). The van der Waals surface area contributed by atoms with Crippen molar-refractivity contribution < 1.29 is 23.7 Å². The molecule has 0 spiro atoms. The fourth-order valence-electron chi connectivity index (χ4n) is 4.64. The number of para-hydroxylation sites is 1. The molecule has 3 aromatic carbocycles. The summed E-state index contributed by atoms with van der Waals surface area (Å²) in [6.45, 7) is 12.2. The molecular weight excluding hydrogens is 694 g/mol. The highest BCUT2D eigenvalue weighted by atomic mass is 79.9. The second-order valence-electron chi connectivity index (χ2n) is 10.2. The number of hydrogen-bond acceptors (Lipinski definition) is 8. The molecule has 1 atom stereocenters. The minimum absolute atomic E-state index is 0.174. The number of aromatic nitrogens is 2. The largest absolute Gasteiger partial charge is 0.494 e. The summed E-state index contributed by atoms with van der Waals surface area (Å²) >= 11 is 7.16. The number of carbonyl (C=O) groups excluding carboxylic acids is 1. The molecule has 0 fully saturated rings. The molecule has 4 aromatic rings. The van der Waals surface area contributed by atoms with E-state index in [-0.39, 0.29) is 18.1 Å². The quantitative estimate of drug-likeness (QED) is 0.116. The molecule has 0 radical (unpaired) electrons. The number of nitrogens with zero attached hydrogens (tertiary/aromatic N) is 3. The monoisotopic (exact) mass is 727 g/mol. The fourth-order valence-corrected chi connectivity index (χ4v) is 5.56. The van der Waals surface area contributed by atoms with E-state index in [9.17, 15) is 9.59 Å². The van der Waals surface area contributed by atoms with Crippen LogP contribution in [0.5, 0.6) is 17.2 Å². The highest BCUT2D eigenvalue weighted by Gasteiger charge is 2.23. The molecule has 0 aliphatic rings. The number of hydrogen-bond donors (Lipinski definition) is 0. The first-order valence-corrected chi connectivity index (χ1v) is 15.8. The van der Waals surface area contributed by atoms with Gasteiger partial charge in [0.15, 0.2) is 23.4 Å². The van der Waals surface area contributed by atoms with Crippen LogP contribution in [-0.2, 0) is 9.53 Å². The number of esters is 1. The van der Waals surface area contributed by atoms with E-state index in [1.54, 1.807) is 38.3 Å². The van der Waals surface area contributed by atoms with Gasteiger partial charge in [-0.2, -0.15) is 9.78 Å². The zero-order chi connectivity index (χ0) is 32.1. The molecule has 1 heterocycles. The number of benzene rings is 3. The van der Waals surface area contributed by atoms with Crippen molar-refractivity contribution in [3.05, 3.63) is 78.5 Å². The zero-order valence-corrected chi connectivity index (χ0v) is 28.9. The highest BCUT2D eigenvalue weighted by molar-refractivity contribution is 9.13. The Hall–Kier alpha value is -3.70. The van der Waals surface area contributed by atoms with E-state index >= 15 is 0 Å². The van der Waals surface area contributed by atoms with Crippen molar-refractivity contribution in [1.29, 1.82) is 0 Å². The van der Waals surface area contributed by atoms with Gasteiger partial charge in [0.05, 0.1) is 41.9 Å². The third-order valence-corrected chi connectivity index (χ3v) is 9.02. The molecule has 9 nitrogen and oxygen atoms in total. The van der Waals surface area contributed by atoms with Crippen LogP contribution in [0.4, 0.5) is 0 Å². The van der Waals surface area contributed by atoms with Crippen molar-refractivity contribution in [1.82, 2.24) is 9.66 Å². The molecule has 1 aromatic heterocycles. The third kappa shape index (κ3) is 6.83. The Kier molecular flexibility index (Phi) is 10.9. The molecule has 0 saturated carbocycles. The van der Waals surface area contributed by atoms with Gasteiger partial charge >= 0.3 is 5.97 Å². The number of rotatable bonds is 11. The number of aryl methyl sites for hydroxylation is 1. The standard InChI is InChI=1S/C33H35Br2N3O6/c1-8-42-26-14-19(5)24(16-23(26)18(3)4)31-37-25-13-11-10-12-22(25)32(39)38(31)36-17-21-15-27(41-7)30(29(35)28(21)34)44-20(6)33(40)43-9-2/h10-18,20H,8-9H2,1-7H3/t20-/m1/s1. The number of ether oxygens (including phenoxy) is 4. The Balaban J connectivity index is 1.89. The van der Waals surface area contributed by atoms with Gasteiger partial charge < -0.3 is 18.9 Å². The average molecular weight is 729 g/mol. The van der Waals surface area contributed by atoms with Crippen LogP contribution < -0.4 is 19.8 Å². The van der Waals surface area contributed by atoms with E-state index in [1.165, 1.54) is 11.8 Å². The van der Waals surface area contributed by atoms with Gasteiger partial charge in [-0.25, -0.2) is 9.78 Å². The Morgan fingerprint density at radius 1 is 1.05 bits per heavy atom. The van der Waals surface area contributed by atoms with Crippen molar-refractivity contribution >= 4 is 54.9 Å². The number of halogens is 2. The molecule has 11 heteroatoms. The second-order valence-corrected chi connectivity index (χ2v) is 11.8. The van der Waals surface area contributed by atoms with Crippen molar-refractivity contribution in [2.75, 3.05) is 20.3 Å². The lowest BCUT2D eigenvalue weighted by Crippen LogP contribution is -2.26. The van der Waals surface area contributed by atoms with E-state index in [0.717, 1.165) is 22.4 Å². The predicted molar refractivity (Wildman–Crippen MR) is 180 cm³/mol. The predicted octanol–water partition coefficient (Wildman–Crippen LogP) is 7.64. The van der Waals surface area contributed by atoms with Gasteiger partial charge in [-0.3, -0.25) is 4.79 Å². The molecule has 0 saturated heterocycles. The summed E-state index contributed by atoms with van der Waals surface area (Å²) in [5.74, 6) is 1.55. The van der Waals surface area contributed by atoms with Crippen molar-refractivity contribution in [2.24, 2.45) is 5.10 Å². The first kappa shape index (κ1) is 33.2. The lowest BCUT2D eigenvalue weighted by Gasteiger charge is -2.19. The van der Waals surface area contributed by atoms with E-state index in [0.29, 0.717) is 49.3 Å². The summed E-state index contributed by atoms with van der Waals surface area (Å²) in [5.41, 5.74) is 3.52. The first-order valence-electron chi connectivity index (χ1n) is 14.2. The van der Waals surface area contributed by atoms with Gasteiger partial charge in [0.25, 0.3) is 5.56 Å². The maximum Gasteiger partial charge on any atom is 0.347 e. The minimum atomic E-state index is -0.871. The summed E-state index contributed by atoms with van der Waals surface area (Å²) in [5, 5.41) is 5.10. The van der Waals surface area contributed by atoms with Crippen LogP contribution in [0.15, 0.2) is 61.3 Å². The van der Waals surface area contributed by atoms with E-state index < -0.39 is 12.1 Å². The molecule has 0 aliphatic heterocycles. The van der Waals surface area contributed by atoms with Crippen LogP contribution in [0.3, 0.4) is 0 Å². The van der Waals surface area contributed by atoms with Crippen LogP contribution in [0.25, 0.3) is 22.3 Å². The lowest BCUT2D eigenvalue weighted by molar-refractivity contribution is -0.150. The van der Waals surface area contributed by atoms with Crippen LogP contribution >= 0.6 is 31.9 Å². The van der Waals surface area contributed by atoms with Gasteiger partial charge in [0.1, 0.15) is 5.75 Å². The average Bonchev–Trinajstić information content (AvgIpc) is 3.00. The molecule has 0 amide bonds. The Morgan fingerprint density at radius 3 is 2.43 bits per heavy atom. The third-order valence-electron chi connectivity index (χ3n) is 6.87. The Labute approximate surface area is 273 Å². The fraction of sp³-hybridized carbons (Fsp3) is 0.333. The second kappa shape index (κ2) is 14.4. The first-order chi connectivity index (χ1) is 21.0. The minimum Gasteiger partial charge on any atom is -0.494 e. The highest BCUT2D eigenvalue weighted by Crippen LogP contribution is 2.43. The van der Waals surface area contributed by atoms with E-state index in [2.05, 4.69) is 50.8 Å². The summed E-state index contributed by atoms with van der Waals surface area (Å²) in [6, 6.07) is 12.9. The van der Waals surface area contributed by atoms with Gasteiger partial charge in [0.2, 0.25) is 0 Å². The van der Waals surface area contributed by atoms with Gasteiger partial charge in [-0.05, 0) is 107 Å². The van der Waals surface area contributed by atoms with E-state index in [1.807, 2.05) is 38.1 Å².